The number of aliphatic hydroxyl groups excluding tert-OH is 2. The van der Waals surface area contributed by atoms with Gasteiger partial charge in [-0.15, -0.1) is 0 Å². The first-order chi connectivity index (χ1) is 8.02. The van der Waals surface area contributed by atoms with Crippen molar-refractivity contribution in [3.05, 3.63) is 27.0 Å². The van der Waals surface area contributed by atoms with E-state index in [0.29, 0.717) is 0 Å². The van der Waals surface area contributed by atoms with Crippen LogP contribution in [0.1, 0.15) is 12.6 Å². The number of aromatic nitrogens is 2. The molecule has 0 amide bonds. The number of aromatic amines is 1. The highest BCUT2D eigenvalue weighted by Gasteiger charge is 2.35. The van der Waals surface area contributed by atoms with E-state index in [1.807, 2.05) is 4.98 Å². The second-order valence-electron chi connectivity index (χ2n) is 3.82. The van der Waals surface area contributed by atoms with Gasteiger partial charge in [0.25, 0.3) is 5.56 Å². The molecule has 4 N–H and O–H groups in total. The van der Waals surface area contributed by atoms with Gasteiger partial charge in [-0.3, -0.25) is 14.3 Å². The number of aliphatic hydroxyl groups is 2. The van der Waals surface area contributed by atoms with Gasteiger partial charge in [0.1, 0.15) is 6.10 Å². The zero-order chi connectivity index (χ0) is 12.6. The minimum absolute atomic E-state index is 0.174. The summed E-state index contributed by atoms with van der Waals surface area (Å²) in [6, 6.07) is 0. The van der Waals surface area contributed by atoms with Gasteiger partial charge in [0.05, 0.1) is 18.9 Å². The highest BCUT2D eigenvalue weighted by molar-refractivity contribution is 5.09. The second kappa shape index (κ2) is 4.32. The Morgan fingerprint density at radius 2 is 2.24 bits per heavy atom. The molecule has 0 bridgehead atoms. The van der Waals surface area contributed by atoms with Crippen LogP contribution >= 0.6 is 0 Å². The lowest BCUT2D eigenvalue weighted by atomic mass is 10.2. The van der Waals surface area contributed by atoms with E-state index in [-0.39, 0.29) is 13.0 Å². The maximum Gasteiger partial charge on any atom is 0.330 e. The largest absolute Gasteiger partial charge is 0.502 e. The van der Waals surface area contributed by atoms with Gasteiger partial charge in [0, 0.05) is 6.42 Å². The standard InChI is InChI=1S/C9H12N2O6/c12-3-4-1-5(13)8(17-4)11-2-6(14)7(15)10-9(11)16/h2,4-5,8,12-14H,1,3H2,(H,10,15,16)/t4-,5-,8+/m0/s1. The van der Waals surface area contributed by atoms with Gasteiger partial charge in [-0.2, -0.15) is 0 Å². The van der Waals surface area contributed by atoms with Crippen LogP contribution in [0.5, 0.6) is 5.75 Å². The fourth-order valence-electron chi connectivity index (χ4n) is 1.76. The average Bonchev–Trinajstić information content (AvgIpc) is 2.65. The third-order valence-corrected chi connectivity index (χ3v) is 2.59. The molecule has 17 heavy (non-hydrogen) atoms. The summed E-state index contributed by atoms with van der Waals surface area (Å²) in [6.45, 7) is -0.280. The van der Waals surface area contributed by atoms with E-state index in [4.69, 9.17) is 9.84 Å². The van der Waals surface area contributed by atoms with Crippen molar-refractivity contribution in [3.63, 3.8) is 0 Å². The molecule has 1 aromatic rings. The van der Waals surface area contributed by atoms with E-state index in [1.54, 1.807) is 0 Å². The average molecular weight is 244 g/mol. The molecule has 1 aliphatic heterocycles. The molecule has 2 heterocycles. The summed E-state index contributed by atoms with van der Waals surface area (Å²) in [5, 5.41) is 27.7. The van der Waals surface area contributed by atoms with Crippen LogP contribution in [0.4, 0.5) is 0 Å². The van der Waals surface area contributed by atoms with Gasteiger partial charge < -0.3 is 20.1 Å². The number of hydrogen-bond donors (Lipinski definition) is 4. The van der Waals surface area contributed by atoms with Crippen molar-refractivity contribution in [2.75, 3.05) is 6.61 Å². The van der Waals surface area contributed by atoms with E-state index in [9.17, 15) is 19.8 Å². The maximum absolute atomic E-state index is 11.5. The lowest BCUT2D eigenvalue weighted by Crippen LogP contribution is -2.35. The zero-order valence-electron chi connectivity index (χ0n) is 8.74. The minimum atomic E-state index is -1.03. The molecule has 1 fully saturated rings. The molecule has 1 aromatic heterocycles. The lowest BCUT2D eigenvalue weighted by molar-refractivity contribution is -0.0533. The van der Waals surface area contributed by atoms with Crippen LogP contribution < -0.4 is 11.2 Å². The molecule has 2 rings (SSSR count). The molecule has 94 valence electrons. The Labute approximate surface area is 94.7 Å². The molecular weight excluding hydrogens is 232 g/mol. The van der Waals surface area contributed by atoms with Crippen LogP contribution in [-0.2, 0) is 4.74 Å². The molecule has 0 radical (unpaired) electrons. The van der Waals surface area contributed by atoms with Gasteiger partial charge in [-0.05, 0) is 0 Å². The van der Waals surface area contributed by atoms with Crippen molar-refractivity contribution in [3.8, 4) is 5.75 Å². The summed E-state index contributed by atoms with van der Waals surface area (Å²) in [7, 11) is 0. The summed E-state index contributed by atoms with van der Waals surface area (Å²) in [4.78, 5) is 24.3. The van der Waals surface area contributed by atoms with Gasteiger partial charge in [-0.1, -0.05) is 0 Å². The number of hydrogen-bond acceptors (Lipinski definition) is 6. The van der Waals surface area contributed by atoms with Crippen LogP contribution in [-0.4, -0.2) is 43.7 Å². The third kappa shape index (κ3) is 2.09. The zero-order valence-corrected chi connectivity index (χ0v) is 8.74. The van der Waals surface area contributed by atoms with Crippen molar-refractivity contribution in [1.82, 2.24) is 9.55 Å². The molecule has 0 unspecified atom stereocenters. The summed E-state index contributed by atoms with van der Waals surface area (Å²) in [5.74, 6) is -0.646. The Bertz CT molecular complexity index is 521. The molecule has 8 heteroatoms. The van der Waals surface area contributed by atoms with Crippen LogP contribution in [0.15, 0.2) is 15.8 Å². The number of H-pyrrole nitrogens is 1. The molecule has 0 saturated carbocycles. The first kappa shape index (κ1) is 11.8. The summed E-state index contributed by atoms with van der Waals surface area (Å²) < 4.78 is 6.10. The Morgan fingerprint density at radius 1 is 1.53 bits per heavy atom. The number of aromatic hydroxyl groups is 1. The smallest absolute Gasteiger partial charge is 0.330 e. The van der Waals surface area contributed by atoms with Crippen molar-refractivity contribution in [1.29, 1.82) is 0 Å². The lowest BCUT2D eigenvalue weighted by Gasteiger charge is -2.16. The van der Waals surface area contributed by atoms with Crippen molar-refractivity contribution >= 4 is 0 Å². The number of nitrogens with one attached hydrogen (secondary N) is 1. The summed E-state index contributed by atoms with van der Waals surface area (Å²) in [5.41, 5.74) is -1.70. The van der Waals surface area contributed by atoms with Crippen molar-refractivity contribution in [2.45, 2.75) is 24.9 Å². The molecule has 1 saturated heterocycles. The predicted octanol–water partition coefficient (Wildman–Crippen LogP) is -2.12. The molecular formula is C9H12N2O6. The van der Waals surface area contributed by atoms with Crippen molar-refractivity contribution < 1.29 is 20.1 Å². The Balaban J connectivity index is 2.38. The molecule has 0 aliphatic carbocycles. The fraction of sp³-hybridized carbons (Fsp3) is 0.556. The molecule has 3 atom stereocenters. The van der Waals surface area contributed by atoms with Crippen LogP contribution in [0.2, 0.25) is 0 Å². The maximum atomic E-state index is 11.5. The quantitative estimate of drug-likeness (QED) is 0.471. The Hall–Kier alpha value is -1.64. The number of rotatable bonds is 2. The fourth-order valence-corrected chi connectivity index (χ4v) is 1.76. The second-order valence-corrected chi connectivity index (χ2v) is 3.82. The predicted molar refractivity (Wildman–Crippen MR) is 54.6 cm³/mol. The molecule has 0 aromatic carbocycles. The third-order valence-electron chi connectivity index (χ3n) is 2.59. The van der Waals surface area contributed by atoms with Gasteiger partial charge in [0.15, 0.2) is 12.0 Å². The molecule has 8 nitrogen and oxygen atoms in total. The van der Waals surface area contributed by atoms with Crippen LogP contribution in [0.3, 0.4) is 0 Å². The summed E-state index contributed by atoms with van der Waals surface area (Å²) >= 11 is 0. The first-order valence-corrected chi connectivity index (χ1v) is 5.01. The summed E-state index contributed by atoms with van der Waals surface area (Å²) in [6.07, 6.45) is -1.52. The Morgan fingerprint density at radius 3 is 2.82 bits per heavy atom. The number of nitrogens with zero attached hydrogens (tertiary/aromatic N) is 1. The van der Waals surface area contributed by atoms with Crippen LogP contribution in [0, 0.1) is 0 Å². The SMILES string of the molecule is O=c1[nH]c(=O)n([C@@H]2O[C@H](CO)C[C@@H]2O)cc1O. The van der Waals surface area contributed by atoms with Crippen LogP contribution in [0.25, 0.3) is 0 Å². The first-order valence-electron chi connectivity index (χ1n) is 5.01. The van der Waals surface area contributed by atoms with E-state index >= 15 is 0 Å². The normalized spacial score (nSPS) is 28.5. The Kier molecular flexibility index (Phi) is 3.01. The minimum Gasteiger partial charge on any atom is -0.502 e. The topological polar surface area (TPSA) is 125 Å². The van der Waals surface area contributed by atoms with Crippen molar-refractivity contribution in [2.24, 2.45) is 0 Å². The van der Waals surface area contributed by atoms with E-state index < -0.39 is 35.4 Å². The van der Waals surface area contributed by atoms with Gasteiger partial charge >= 0.3 is 5.69 Å². The highest BCUT2D eigenvalue weighted by atomic mass is 16.5. The van der Waals surface area contributed by atoms with Gasteiger partial charge in [-0.25, -0.2) is 4.79 Å². The number of ether oxygens (including phenoxy) is 1. The molecule has 0 spiro atoms. The van der Waals surface area contributed by atoms with E-state index in [2.05, 4.69) is 0 Å². The van der Waals surface area contributed by atoms with Gasteiger partial charge in [0.2, 0.25) is 0 Å². The van der Waals surface area contributed by atoms with E-state index in [0.717, 1.165) is 10.8 Å². The monoisotopic (exact) mass is 244 g/mol. The van der Waals surface area contributed by atoms with E-state index in [1.165, 1.54) is 0 Å². The highest BCUT2D eigenvalue weighted by Crippen LogP contribution is 2.27. The molecule has 1 aliphatic rings.